The van der Waals surface area contributed by atoms with Crippen molar-refractivity contribution in [1.82, 2.24) is 9.47 Å². The number of oxazole rings is 1. The first-order valence-corrected chi connectivity index (χ1v) is 10.9. The van der Waals surface area contributed by atoms with E-state index < -0.39 is 5.76 Å². The summed E-state index contributed by atoms with van der Waals surface area (Å²) in [5.41, 5.74) is 2.00. The van der Waals surface area contributed by atoms with Crippen LogP contribution in [0.15, 0.2) is 45.6 Å². The van der Waals surface area contributed by atoms with E-state index in [0.29, 0.717) is 46.9 Å². The highest BCUT2D eigenvalue weighted by atomic mass is 16.5. The van der Waals surface area contributed by atoms with Gasteiger partial charge in [0.1, 0.15) is 18.0 Å². The molecule has 4 rings (SSSR count). The second kappa shape index (κ2) is 9.81. The first-order valence-electron chi connectivity index (χ1n) is 10.9. The maximum Gasteiger partial charge on any atom is 0.420 e. The maximum absolute atomic E-state index is 12.7. The maximum atomic E-state index is 12.7. The number of anilines is 1. The quantitative estimate of drug-likeness (QED) is 0.590. The van der Waals surface area contributed by atoms with Gasteiger partial charge in [-0.2, -0.15) is 0 Å². The van der Waals surface area contributed by atoms with Crippen LogP contribution in [0.5, 0.6) is 11.5 Å². The van der Waals surface area contributed by atoms with Crippen LogP contribution in [-0.2, 0) is 22.6 Å². The van der Waals surface area contributed by atoms with E-state index in [0.717, 1.165) is 19.3 Å². The Bertz CT molecular complexity index is 1220. The number of ether oxygens (including phenoxy) is 2. The minimum Gasteiger partial charge on any atom is -0.497 e. The number of amides is 2. The molecule has 0 atom stereocenters. The fourth-order valence-electron chi connectivity index (χ4n) is 4.07. The van der Waals surface area contributed by atoms with Gasteiger partial charge in [-0.25, -0.2) is 4.79 Å². The van der Waals surface area contributed by atoms with Gasteiger partial charge in [0.05, 0.1) is 26.2 Å². The Morgan fingerprint density at radius 1 is 1.03 bits per heavy atom. The van der Waals surface area contributed by atoms with Gasteiger partial charge in [-0.05, 0) is 55.7 Å². The van der Waals surface area contributed by atoms with Crippen LogP contribution >= 0.6 is 0 Å². The van der Waals surface area contributed by atoms with Gasteiger partial charge >= 0.3 is 5.76 Å². The zero-order valence-corrected chi connectivity index (χ0v) is 18.8. The average molecular weight is 453 g/mol. The standard InChI is InChI=1S/C24H27N3O6/c1-31-18-7-9-20(32-2)16(12-18)13-22(28)25-17-6-8-21-19(14-17)27(24(30)33-21)15-23(29)26-10-4-3-5-11-26/h6-9,12,14H,3-5,10-11,13,15H2,1-2H3,(H,25,28). The second-order valence-corrected chi connectivity index (χ2v) is 7.98. The predicted octanol–water partition coefficient (Wildman–Crippen LogP) is 2.81. The van der Waals surface area contributed by atoms with Crippen LogP contribution in [0.4, 0.5) is 5.69 Å². The first kappa shape index (κ1) is 22.4. The largest absolute Gasteiger partial charge is 0.497 e. The molecule has 1 aliphatic heterocycles. The van der Waals surface area contributed by atoms with Crippen LogP contribution in [0.2, 0.25) is 0 Å². The highest BCUT2D eigenvalue weighted by Crippen LogP contribution is 2.25. The average Bonchev–Trinajstić information content (AvgIpc) is 3.13. The molecule has 1 saturated heterocycles. The number of hydrogen-bond acceptors (Lipinski definition) is 6. The van der Waals surface area contributed by atoms with Crippen molar-refractivity contribution in [1.29, 1.82) is 0 Å². The van der Waals surface area contributed by atoms with E-state index in [2.05, 4.69) is 5.32 Å². The molecule has 33 heavy (non-hydrogen) atoms. The number of nitrogens with one attached hydrogen (secondary N) is 1. The Hall–Kier alpha value is -3.75. The molecular formula is C24H27N3O6. The van der Waals surface area contributed by atoms with Crippen LogP contribution < -0.4 is 20.5 Å². The monoisotopic (exact) mass is 453 g/mol. The summed E-state index contributed by atoms with van der Waals surface area (Å²) in [5, 5.41) is 2.84. The minimum atomic E-state index is -0.597. The number of fused-ring (bicyclic) bond motifs is 1. The van der Waals surface area contributed by atoms with Crippen LogP contribution in [0.25, 0.3) is 11.1 Å². The van der Waals surface area contributed by atoms with Crippen molar-refractivity contribution in [3.05, 3.63) is 52.5 Å². The van der Waals surface area contributed by atoms with E-state index in [1.54, 1.807) is 55.5 Å². The molecular weight excluding hydrogens is 426 g/mol. The molecule has 174 valence electrons. The molecule has 0 bridgehead atoms. The lowest BCUT2D eigenvalue weighted by atomic mass is 10.1. The molecule has 0 unspecified atom stereocenters. The summed E-state index contributed by atoms with van der Waals surface area (Å²) in [4.78, 5) is 39.5. The van der Waals surface area contributed by atoms with Gasteiger partial charge in [0.15, 0.2) is 5.58 Å². The van der Waals surface area contributed by atoms with Gasteiger partial charge in [-0.1, -0.05) is 0 Å². The van der Waals surface area contributed by atoms with Gasteiger partial charge in [0.2, 0.25) is 11.8 Å². The Kier molecular flexibility index (Phi) is 6.67. The predicted molar refractivity (Wildman–Crippen MR) is 123 cm³/mol. The van der Waals surface area contributed by atoms with E-state index in [1.807, 2.05) is 0 Å². The van der Waals surface area contributed by atoms with Gasteiger partial charge in [0.25, 0.3) is 0 Å². The van der Waals surface area contributed by atoms with Crippen LogP contribution in [0.1, 0.15) is 24.8 Å². The third-order valence-corrected chi connectivity index (χ3v) is 5.79. The number of piperidine rings is 1. The van der Waals surface area contributed by atoms with Crippen molar-refractivity contribution < 1.29 is 23.5 Å². The zero-order chi connectivity index (χ0) is 23.4. The van der Waals surface area contributed by atoms with E-state index >= 15 is 0 Å². The fourth-order valence-corrected chi connectivity index (χ4v) is 4.07. The Balaban J connectivity index is 1.52. The smallest absolute Gasteiger partial charge is 0.420 e. The lowest BCUT2D eigenvalue weighted by molar-refractivity contribution is -0.132. The summed E-state index contributed by atoms with van der Waals surface area (Å²) >= 11 is 0. The number of carbonyl (C=O) groups excluding carboxylic acids is 2. The molecule has 2 aromatic carbocycles. The highest BCUT2D eigenvalue weighted by molar-refractivity contribution is 5.94. The number of likely N-dealkylation sites (tertiary alicyclic amines) is 1. The molecule has 0 saturated carbocycles. The number of aromatic nitrogens is 1. The van der Waals surface area contributed by atoms with Crippen molar-refractivity contribution in [3.8, 4) is 11.5 Å². The zero-order valence-electron chi connectivity index (χ0n) is 18.8. The topological polar surface area (TPSA) is 103 Å². The fraction of sp³-hybridized carbons (Fsp3) is 0.375. The van der Waals surface area contributed by atoms with Gasteiger partial charge in [0, 0.05) is 24.3 Å². The van der Waals surface area contributed by atoms with Crippen molar-refractivity contribution in [3.63, 3.8) is 0 Å². The summed E-state index contributed by atoms with van der Waals surface area (Å²) in [6.45, 7) is 1.32. The number of benzene rings is 2. The molecule has 2 amide bonds. The lowest BCUT2D eigenvalue weighted by Gasteiger charge is -2.26. The lowest BCUT2D eigenvalue weighted by Crippen LogP contribution is -2.39. The molecule has 1 fully saturated rings. The van der Waals surface area contributed by atoms with Gasteiger partial charge < -0.3 is 24.1 Å². The molecule has 1 aromatic heterocycles. The molecule has 9 nitrogen and oxygen atoms in total. The molecule has 2 heterocycles. The minimum absolute atomic E-state index is 0.0735. The van der Waals surface area contributed by atoms with E-state index in [-0.39, 0.29) is 24.8 Å². The van der Waals surface area contributed by atoms with Crippen molar-refractivity contribution in [2.45, 2.75) is 32.2 Å². The molecule has 1 N–H and O–H groups in total. The summed E-state index contributed by atoms with van der Waals surface area (Å²) in [6, 6.07) is 10.2. The highest BCUT2D eigenvalue weighted by Gasteiger charge is 2.20. The van der Waals surface area contributed by atoms with Crippen molar-refractivity contribution >= 4 is 28.6 Å². The van der Waals surface area contributed by atoms with E-state index in [4.69, 9.17) is 13.9 Å². The van der Waals surface area contributed by atoms with E-state index in [1.165, 1.54) is 4.57 Å². The number of carbonyl (C=O) groups is 2. The normalized spacial score (nSPS) is 13.7. The van der Waals surface area contributed by atoms with Gasteiger partial charge in [-0.3, -0.25) is 14.2 Å². The number of methoxy groups -OCH3 is 2. The van der Waals surface area contributed by atoms with Crippen molar-refractivity contribution in [2.24, 2.45) is 0 Å². The summed E-state index contributed by atoms with van der Waals surface area (Å²) in [7, 11) is 3.10. The third-order valence-electron chi connectivity index (χ3n) is 5.79. The van der Waals surface area contributed by atoms with Gasteiger partial charge in [-0.15, -0.1) is 0 Å². The molecule has 1 aliphatic rings. The van der Waals surface area contributed by atoms with Crippen LogP contribution in [0, 0.1) is 0 Å². The summed E-state index contributed by atoms with van der Waals surface area (Å²) in [6.07, 6.45) is 3.13. The molecule has 9 heteroatoms. The molecule has 3 aromatic rings. The number of rotatable bonds is 7. The molecule has 0 spiro atoms. The van der Waals surface area contributed by atoms with Crippen LogP contribution in [0.3, 0.4) is 0 Å². The third kappa shape index (κ3) is 5.02. The molecule has 0 aliphatic carbocycles. The number of hydrogen-bond donors (Lipinski definition) is 1. The second-order valence-electron chi connectivity index (χ2n) is 7.98. The van der Waals surface area contributed by atoms with Crippen molar-refractivity contribution in [2.75, 3.05) is 32.6 Å². The summed E-state index contributed by atoms with van der Waals surface area (Å²) in [5.74, 6) is 0.240. The number of nitrogens with zero attached hydrogens (tertiary/aromatic N) is 2. The Labute approximate surface area is 190 Å². The van der Waals surface area contributed by atoms with E-state index in [9.17, 15) is 14.4 Å². The Morgan fingerprint density at radius 3 is 2.55 bits per heavy atom. The summed E-state index contributed by atoms with van der Waals surface area (Å²) < 4.78 is 17.2. The Morgan fingerprint density at radius 2 is 1.82 bits per heavy atom. The van der Waals surface area contributed by atoms with Crippen LogP contribution in [-0.4, -0.2) is 48.6 Å². The first-order chi connectivity index (χ1) is 16.0. The SMILES string of the molecule is COc1ccc(OC)c(CC(=O)Nc2ccc3oc(=O)n(CC(=O)N4CCCCC4)c3c2)c1. The molecule has 0 radical (unpaired) electrons.